The Balaban J connectivity index is 0.00000132. The van der Waals surface area contributed by atoms with Crippen LogP contribution in [-0.2, 0) is 6.54 Å². The normalized spacial score (nSPS) is 14.6. The Labute approximate surface area is 154 Å². The maximum atomic E-state index is 4.78. The molecule has 1 saturated heterocycles. The lowest BCUT2D eigenvalue weighted by Crippen LogP contribution is -3.00. The second-order valence-electron chi connectivity index (χ2n) is 5.48. The van der Waals surface area contributed by atoms with Crippen LogP contribution >= 0.6 is 11.8 Å². The zero-order chi connectivity index (χ0) is 14.3. The fourth-order valence-corrected chi connectivity index (χ4v) is 3.80. The smallest absolute Gasteiger partial charge is 0.225 e. The molecule has 3 rings (SSSR count). The van der Waals surface area contributed by atoms with E-state index in [1.807, 2.05) is 11.8 Å². The van der Waals surface area contributed by atoms with Gasteiger partial charge in [0.2, 0.25) is 5.82 Å². The Morgan fingerprint density at radius 3 is 2.48 bits per heavy atom. The molecule has 4 N–H and O–H groups in total. The van der Waals surface area contributed by atoms with Gasteiger partial charge in [0.05, 0.1) is 13.1 Å². The Morgan fingerprint density at radius 1 is 1.00 bits per heavy atom. The van der Waals surface area contributed by atoms with E-state index >= 15 is 0 Å². The summed E-state index contributed by atoms with van der Waals surface area (Å²) in [5.74, 6) is 1.09. The minimum absolute atomic E-state index is 0. The Morgan fingerprint density at radius 2 is 1.74 bits per heavy atom. The molecule has 1 aliphatic rings. The molecule has 1 aromatic carbocycles. The summed E-state index contributed by atoms with van der Waals surface area (Å²) in [6.45, 7) is 3.47. The minimum Gasteiger partial charge on any atom is -1.00 e. The van der Waals surface area contributed by atoms with E-state index in [1.54, 1.807) is 0 Å². The lowest BCUT2D eigenvalue weighted by Gasteiger charge is -2.19. The molecule has 0 spiro atoms. The summed E-state index contributed by atoms with van der Waals surface area (Å²) in [7, 11) is 0. The Bertz CT molecular complexity index is 563. The highest BCUT2D eigenvalue weighted by Crippen LogP contribution is 2.26. The van der Waals surface area contributed by atoms with Crippen LogP contribution in [0, 0.1) is 0 Å². The molecule has 2 aromatic rings. The van der Waals surface area contributed by atoms with Crippen molar-refractivity contribution in [1.29, 1.82) is 0 Å². The van der Waals surface area contributed by atoms with Crippen LogP contribution in [0.4, 0.5) is 5.82 Å². The zero-order valence-electron chi connectivity index (χ0n) is 13.0. The number of hydrogen-bond donors (Lipinski definition) is 2. The molecular weight excluding hydrogens is 349 g/mol. The second-order valence-corrected chi connectivity index (χ2v) is 6.80. The molecule has 1 aromatic heterocycles. The SMILES string of the molecule is [Cl-].[Cl-].c1ccc(C[NH2+]c2cccc(SC3CC[NH2+]CC3)n2)cc1. The van der Waals surface area contributed by atoms with Crippen LogP contribution in [0.15, 0.2) is 53.6 Å². The average molecular weight is 372 g/mol. The first-order chi connectivity index (χ1) is 10.4. The topological polar surface area (TPSA) is 46.1 Å². The standard InChI is InChI=1S/C17H21N3S.2ClH/c1-2-5-14(6-3-1)13-19-16-7-4-8-17(20-16)21-15-9-11-18-12-10-15;;/h1-8,15,18H,9-13H2,(H,19,20);2*1H. The first-order valence-corrected chi connectivity index (χ1v) is 8.60. The van der Waals surface area contributed by atoms with Crippen LogP contribution in [0.5, 0.6) is 0 Å². The monoisotopic (exact) mass is 371 g/mol. The predicted molar refractivity (Wildman–Crippen MR) is 86.5 cm³/mol. The van der Waals surface area contributed by atoms with Crippen molar-refractivity contribution in [2.75, 3.05) is 13.1 Å². The van der Waals surface area contributed by atoms with Gasteiger partial charge in [-0.05, 0) is 6.07 Å². The van der Waals surface area contributed by atoms with Crippen LogP contribution in [0.3, 0.4) is 0 Å². The molecule has 1 aliphatic heterocycles. The van der Waals surface area contributed by atoms with E-state index in [-0.39, 0.29) is 24.8 Å². The molecule has 0 unspecified atom stereocenters. The summed E-state index contributed by atoms with van der Waals surface area (Å²) in [6.07, 6.45) is 2.59. The third kappa shape index (κ3) is 6.69. The molecule has 6 heteroatoms. The van der Waals surface area contributed by atoms with Gasteiger partial charge in [-0.25, -0.2) is 0 Å². The van der Waals surface area contributed by atoms with Crippen LogP contribution < -0.4 is 35.4 Å². The van der Waals surface area contributed by atoms with E-state index in [0.29, 0.717) is 0 Å². The Hall–Kier alpha value is -0.780. The van der Waals surface area contributed by atoms with E-state index in [4.69, 9.17) is 4.98 Å². The zero-order valence-corrected chi connectivity index (χ0v) is 15.3. The number of thioether (sulfide) groups is 1. The van der Waals surface area contributed by atoms with Gasteiger partial charge in [-0.3, -0.25) is 5.32 Å². The molecule has 2 heterocycles. The molecule has 0 amide bonds. The number of quaternary nitrogens is 2. The van der Waals surface area contributed by atoms with Crippen molar-refractivity contribution < 1.29 is 35.4 Å². The van der Waals surface area contributed by atoms with Crippen molar-refractivity contribution in [1.82, 2.24) is 4.98 Å². The number of nitrogens with zero attached hydrogens (tertiary/aromatic N) is 1. The van der Waals surface area contributed by atoms with Gasteiger partial charge in [0.1, 0.15) is 11.6 Å². The van der Waals surface area contributed by atoms with E-state index < -0.39 is 0 Å². The first-order valence-electron chi connectivity index (χ1n) is 7.73. The van der Waals surface area contributed by atoms with Crippen LogP contribution in [-0.4, -0.2) is 23.3 Å². The van der Waals surface area contributed by atoms with Crippen molar-refractivity contribution in [2.45, 2.75) is 29.7 Å². The molecule has 0 atom stereocenters. The molecule has 0 saturated carbocycles. The maximum Gasteiger partial charge on any atom is 0.225 e. The largest absolute Gasteiger partial charge is 1.00 e. The van der Waals surface area contributed by atoms with Gasteiger partial charge in [0.25, 0.3) is 0 Å². The highest BCUT2D eigenvalue weighted by Gasteiger charge is 2.17. The van der Waals surface area contributed by atoms with Crippen molar-refractivity contribution >= 4 is 17.6 Å². The van der Waals surface area contributed by atoms with E-state index in [2.05, 4.69) is 59.2 Å². The third-order valence-electron chi connectivity index (χ3n) is 3.81. The van der Waals surface area contributed by atoms with Crippen LogP contribution in [0.2, 0.25) is 0 Å². The van der Waals surface area contributed by atoms with Gasteiger partial charge in [-0.1, -0.05) is 36.4 Å². The number of nitrogens with two attached hydrogens (primary N) is 2. The molecule has 0 bridgehead atoms. The number of benzene rings is 1. The van der Waals surface area contributed by atoms with Gasteiger partial charge in [0, 0.05) is 29.7 Å². The summed E-state index contributed by atoms with van der Waals surface area (Å²) < 4.78 is 0. The summed E-state index contributed by atoms with van der Waals surface area (Å²) in [4.78, 5) is 4.78. The fraction of sp³-hybridized carbons (Fsp3) is 0.353. The van der Waals surface area contributed by atoms with Gasteiger partial charge in [0.15, 0.2) is 0 Å². The number of halogens is 2. The van der Waals surface area contributed by atoms with Crippen molar-refractivity contribution in [3.8, 4) is 0 Å². The first kappa shape index (κ1) is 20.3. The number of aromatic nitrogens is 1. The average Bonchev–Trinajstić information content (AvgIpc) is 2.55. The summed E-state index contributed by atoms with van der Waals surface area (Å²) >= 11 is 1.95. The molecule has 1 fully saturated rings. The van der Waals surface area contributed by atoms with Gasteiger partial charge >= 0.3 is 0 Å². The van der Waals surface area contributed by atoms with Gasteiger partial charge in [-0.2, -0.15) is 4.98 Å². The lowest BCUT2D eigenvalue weighted by molar-refractivity contribution is -0.661. The molecular formula is C17H23Cl2N3S. The number of rotatable bonds is 5. The highest BCUT2D eigenvalue weighted by atomic mass is 35.5. The third-order valence-corrected chi connectivity index (χ3v) is 5.08. The quantitative estimate of drug-likeness (QED) is 0.554. The predicted octanol–water partition coefficient (Wildman–Crippen LogP) is -4.70. The summed E-state index contributed by atoms with van der Waals surface area (Å²) in [5, 5.41) is 6.54. The molecule has 0 radical (unpaired) electrons. The molecule has 23 heavy (non-hydrogen) atoms. The fourth-order valence-electron chi connectivity index (χ4n) is 2.63. The molecule has 126 valence electrons. The van der Waals surface area contributed by atoms with Crippen molar-refractivity contribution in [2.24, 2.45) is 0 Å². The number of pyridine rings is 1. The molecule has 3 nitrogen and oxygen atoms in total. The van der Waals surface area contributed by atoms with E-state index in [9.17, 15) is 0 Å². The summed E-state index contributed by atoms with van der Waals surface area (Å²) in [6, 6.07) is 16.9. The summed E-state index contributed by atoms with van der Waals surface area (Å²) in [5.41, 5.74) is 1.33. The lowest BCUT2D eigenvalue weighted by atomic mass is 10.2. The maximum absolute atomic E-state index is 4.78. The Kier molecular flexibility index (Phi) is 9.60. The highest BCUT2D eigenvalue weighted by molar-refractivity contribution is 7.99. The molecule has 0 aliphatic carbocycles. The second kappa shape index (κ2) is 10.9. The van der Waals surface area contributed by atoms with Crippen LogP contribution in [0.25, 0.3) is 0 Å². The van der Waals surface area contributed by atoms with Gasteiger partial charge in [-0.15, -0.1) is 11.8 Å². The van der Waals surface area contributed by atoms with E-state index in [0.717, 1.165) is 17.6 Å². The van der Waals surface area contributed by atoms with Crippen molar-refractivity contribution in [3.05, 3.63) is 54.1 Å². The van der Waals surface area contributed by atoms with Gasteiger partial charge < -0.3 is 30.1 Å². The minimum atomic E-state index is 0. The van der Waals surface area contributed by atoms with Crippen molar-refractivity contribution in [3.63, 3.8) is 0 Å². The van der Waals surface area contributed by atoms with E-state index in [1.165, 1.54) is 36.5 Å². The van der Waals surface area contributed by atoms with Crippen LogP contribution in [0.1, 0.15) is 18.4 Å². The number of piperidine rings is 1. The number of hydrogen-bond acceptors (Lipinski definition) is 2.